The molecule has 7 rings (SSSR count). The summed E-state index contributed by atoms with van der Waals surface area (Å²) < 4.78 is 52.0. The molecule has 2 aromatic carbocycles. The van der Waals surface area contributed by atoms with Crippen molar-refractivity contribution in [3.63, 3.8) is 0 Å². The van der Waals surface area contributed by atoms with Gasteiger partial charge in [0.1, 0.15) is 25.6 Å². The summed E-state index contributed by atoms with van der Waals surface area (Å²) in [6.45, 7) is 9.46. The number of aliphatic imine (C=N–C) groups is 2. The van der Waals surface area contributed by atoms with Gasteiger partial charge in [-0.05, 0) is 44.9 Å². The molecule has 0 aromatic heterocycles. The van der Waals surface area contributed by atoms with Crippen molar-refractivity contribution >= 4 is 41.6 Å². The first-order valence-electron chi connectivity index (χ1n) is 23.1. The van der Waals surface area contributed by atoms with Gasteiger partial charge >= 0.3 is 5.97 Å². The van der Waals surface area contributed by atoms with Crippen molar-refractivity contribution in [2.45, 2.75) is 51.2 Å². The van der Waals surface area contributed by atoms with Gasteiger partial charge in [0.15, 0.2) is 23.0 Å². The summed E-state index contributed by atoms with van der Waals surface area (Å²) in [6, 6.07) is 6.22. The molecule has 0 aliphatic carbocycles. The Labute approximate surface area is 398 Å². The number of carbonyl (C=O) groups excluding carboxylic acids is 3. The minimum absolute atomic E-state index is 0.0762. The molecule has 0 bridgehead atoms. The van der Waals surface area contributed by atoms with Crippen LogP contribution in [-0.2, 0) is 28.5 Å². The van der Waals surface area contributed by atoms with Crippen LogP contribution in [0.15, 0.2) is 81.2 Å². The van der Waals surface area contributed by atoms with Crippen LogP contribution in [0.25, 0.3) is 0 Å². The second-order valence-corrected chi connectivity index (χ2v) is 16.7. The van der Waals surface area contributed by atoms with Gasteiger partial charge in [0.05, 0.1) is 107 Å². The lowest BCUT2D eigenvalue weighted by Crippen LogP contribution is -2.37. The van der Waals surface area contributed by atoms with Crippen molar-refractivity contribution in [3.05, 3.63) is 82.3 Å². The van der Waals surface area contributed by atoms with Crippen LogP contribution >= 0.6 is 0 Å². The van der Waals surface area contributed by atoms with Crippen LogP contribution in [-0.4, -0.2) is 177 Å². The summed E-state index contributed by atoms with van der Waals surface area (Å²) in [6.07, 6.45) is 13.3. The maximum Gasteiger partial charge on any atom is 0.306 e. The quantitative estimate of drug-likeness (QED) is 0.0823. The van der Waals surface area contributed by atoms with Crippen molar-refractivity contribution in [2.24, 2.45) is 9.98 Å². The number of rotatable bonds is 24. The van der Waals surface area contributed by atoms with E-state index in [2.05, 4.69) is 22.4 Å². The van der Waals surface area contributed by atoms with E-state index in [1.807, 2.05) is 48.2 Å². The summed E-state index contributed by atoms with van der Waals surface area (Å²) in [4.78, 5) is 54.8. The number of allylic oxidation sites excluding steroid dienone is 3. The van der Waals surface area contributed by atoms with Crippen LogP contribution in [0.3, 0.4) is 0 Å². The number of methoxy groups -OCH3 is 4. The van der Waals surface area contributed by atoms with E-state index in [1.54, 1.807) is 38.5 Å². The minimum atomic E-state index is -0.409. The van der Waals surface area contributed by atoms with Gasteiger partial charge in [-0.3, -0.25) is 29.3 Å². The number of hydrogen-bond donors (Lipinski definition) is 1. The van der Waals surface area contributed by atoms with Crippen LogP contribution in [0.1, 0.15) is 53.8 Å². The Morgan fingerprint density at radius 2 is 1.29 bits per heavy atom. The highest BCUT2D eigenvalue weighted by Crippen LogP contribution is 2.40. The van der Waals surface area contributed by atoms with E-state index >= 15 is 0 Å². The molecule has 68 heavy (non-hydrogen) atoms. The monoisotopic (exact) mass is 940 g/mol. The van der Waals surface area contributed by atoms with E-state index in [0.717, 1.165) is 12.8 Å². The zero-order valence-electron chi connectivity index (χ0n) is 40.0. The lowest BCUT2D eigenvalue weighted by Gasteiger charge is -2.27. The minimum Gasteiger partial charge on any atom is -0.493 e. The number of nitrogens with one attached hydrogen (secondary N) is 1. The van der Waals surface area contributed by atoms with Gasteiger partial charge in [-0.25, -0.2) is 0 Å². The molecule has 2 aromatic rings. The molecule has 5 aliphatic heterocycles. The molecule has 2 saturated heterocycles. The van der Waals surface area contributed by atoms with Crippen molar-refractivity contribution in [3.8, 4) is 23.0 Å². The Hall–Kier alpha value is -6.21. The number of fused-ring (bicyclic) bond motifs is 4. The Morgan fingerprint density at radius 1 is 0.721 bits per heavy atom. The highest BCUT2D eigenvalue weighted by Gasteiger charge is 2.36. The molecule has 5 heterocycles. The smallest absolute Gasteiger partial charge is 0.306 e. The number of esters is 1. The average Bonchev–Trinajstić information content (AvgIpc) is 3.93. The van der Waals surface area contributed by atoms with Gasteiger partial charge in [-0.1, -0.05) is 23.3 Å². The van der Waals surface area contributed by atoms with Crippen molar-refractivity contribution in [1.29, 1.82) is 0 Å². The zero-order chi connectivity index (χ0) is 48.0. The van der Waals surface area contributed by atoms with Gasteiger partial charge in [0, 0.05) is 70.5 Å². The third kappa shape index (κ3) is 12.5. The third-order valence-electron chi connectivity index (χ3n) is 12.4. The number of carbonyl (C=O) groups is 3. The normalized spacial score (nSPS) is 20.5. The maximum absolute atomic E-state index is 13.7. The molecule has 0 spiro atoms. The van der Waals surface area contributed by atoms with Crippen LogP contribution in [0.4, 0.5) is 11.4 Å². The van der Waals surface area contributed by atoms with Crippen LogP contribution in [0.5, 0.6) is 23.0 Å². The number of nitrogens with zero attached hydrogens (tertiary/aromatic N) is 5. The van der Waals surface area contributed by atoms with E-state index in [0.29, 0.717) is 129 Å². The van der Waals surface area contributed by atoms with Gasteiger partial charge in [-0.15, -0.1) is 0 Å². The number of ether oxygens (including phenoxy) is 9. The van der Waals surface area contributed by atoms with Crippen LogP contribution in [0.2, 0.25) is 0 Å². The summed E-state index contributed by atoms with van der Waals surface area (Å²) in [5.41, 5.74) is 4.98. The number of hydrogen-bond acceptors (Lipinski definition) is 16. The summed E-state index contributed by atoms with van der Waals surface area (Å²) >= 11 is 0. The fourth-order valence-corrected chi connectivity index (χ4v) is 8.50. The molecule has 0 radical (unpaired) electrons. The molecule has 2 unspecified atom stereocenters. The standard InChI is InChI=1S/C50H64N6O12/c1-7-33-19-37-27-51-42-25-46(44(61-4)23-40(42)49(58)55(37)29-33)67-31-35-21-39(66-14-12-54(10-9-48(57)63-6)11-13-64-17-18-65-16-15-60-3)22-36(53-35)32-68-47-26-43-41(24-45(47)62-5)50(59)56-30-34(8-2)20-38(56)28-52-43/h7-8,21-28,35,37-38,53H,9-20,29-32H2,1-6H3/b33-7+,34-8+/t35?,37?,38-/m0/s1. The van der Waals surface area contributed by atoms with Gasteiger partial charge < -0.3 is 57.7 Å². The molecule has 1 N–H and O–H groups in total. The summed E-state index contributed by atoms with van der Waals surface area (Å²) in [7, 11) is 6.08. The highest BCUT2D eigenvalue weighted by molar-refractivity contribution is 6.04. The zero-order valence-corrected chi connectivity index (χ0v) is 40.0. The van der Waals surface area contributed by atoms with E-state index in [1.165, 1.54) is 25.4 Å². The predicted octanol–water partition coefficient (Wildman–Crippen LogP) is 5.22. The topological polar surface area (TPSA) is 181 Å². The first-order chi connectivity index (χ1) is 33.1. The fraction of sp³-hybridized carbons (Fsp3) is 0.500. The molecular weight excluding hydrogens is 877 g/mol. The molecule has 18 nitrogen and oxygen atoms in total. The lowest BCUT2D eigenvalue weighted by molar-refractivity contribution is -0.141. The van der Waals surface area contributed by atoms with E-state index in [4.69, 9.17) is 52.6 Å². The highest BCUT2D eigenvalue weighted by atomic mass is 16.5. The second kappa shape index (κ2) is 24.2. The molecule has 3 atom stereocenters. The fourth-order valence-electron chi connectivity index (χ4n) is 8.50. The van der Waals surface area contributed by atoms with Crippen LogP contribution < -0.4 is 24.3 Å². The Kier molecular flexibility index (Phi) is 17.7. The van der Waals surface area contributed by atoms with E-state index < -0.39 is 6.04 Å². The third-order valence-corrected chi connectivity index (χ3v) is 12.4. The Balaban J connectivity index is 1.06. The first-order valence-corrected chi connectivity index (χ1v) is 23.1. The largest absolute Gasteiger partial charge is 0.493 e. The number of amides is 2. The SMILES string of the molecule is C/C=C1\CC2C=Nc3cc(OCC4C=C(OCCN(CCOCCOCCOC)CCC(=O)OC)C=C(COc5cc6c(cc5OC)C(=O)N5C/C(=C/C)C[C@H]5C=N6)N4)c(OC)cc3C(=O)N2C1. The van der Waals surface area contributed by atoms with Crippen molar-refractivity contribution in [1.82, 2.24) is 20.0 Å². The molecule has 2 amide bonds. The van der Waals surface area contributed by atoms with Crippen molar-refractivity contribution in [2.75, 3.05) is 114 Å². The number of benzene rings is 2. The molecule has 18 heteroatoms. The Morgan fingerprint density at radius 3 is 1.87 bits per heavy atom. The summed E-state index contributed by atoms with van der Waals surface area (Å²) in [5.74, 6) is 1.69. The summed E-state index contributed by atoms with van der Waals surface area (Å²) in [5, 5.41) is 3.51. The molecule has 2 fully saturated rings. The van der Waals surface area contributed by atoms with E-state index in [9.17, 15) is 14.4 Å². The van der Waals surface area contributed by atoms with Crippen LogP contribution in [0, 0.1) is 0 Å². The molecule has 5 aliphatic rings. The van der Waals surface area contributed by atoms with E-state index in [-0.39, 0.29) is 49.5 Å². The molecule has 366 valence electrons. The van der Waals surface area contributed by atoms with Crippen molar-refractivity contribution < 1.29 is 57.0 Å². The Bertz CT molecular complexity index is 2320. The van der Waals surface area contributed by atoms with Gasteiger partial charge in [0.2, 0.25) is 0 Å². The number of dihydropyridines is 1. The average molecular weight is 941 g/mol. The maximum atomic E-state index is 13.7. The molecule has 0 saturated carbocycles. The first kappa shape index (κ1) is 49.7. The predicted molar refractivity (Wildman–Crippen MR) is 255 cm³/mol. The van der Waals surface area contributed by atoms with Gasteiger partial charge in [0.25, 0.3) is 11.8 Å². The van der Waals surface area contributed by atoms with Gasteiger partial charge in [-0.2, -0.15) is 0 Å². The second-order valence-electron chi connectivity index (χ2n) is 16.7. The lowest BCUT2D eigenvalue weighted by atomic mass is 10.1. The molecular formula is C50H64N6O12.